The van der Waals surface area contributed by atoms with Gasteiger partial charge in [-0.25, -0.2) is 0 Å². The maximum atomic E-state index is 11.9. The minimum absolute atomic E-state index is 0.135. The average Bonchev–Trinajstić information content (AvgIpc) is 2.94. The molecule has 1 saturated heterocycles. The summed E-state index contributed by atoms with van der Waals surface area (Å²) in [5.74, 6) is -0.132. The van der Waals surface area contributed by atoms with E-state index in [1.54, 1.807) is 6.07 Å². The molecular weight excluding hydrogens is 371 g/mol. The van der Waals surface area contributed by atoms with Gasteiger partial charge in [0.2, 0.25) is 11.8 Å². The fourth-order valence-corrected chi connectivity index (χ4v) is 4.42. The van der Waals surface area contributed by atoms with Crippen molar-refractivity contribution in [3.63, 3.8) is 0 Å². The SMILES string of the molecule is CN1Cc2c(Cl)cc(Cl)cc2[C@@H](c2ccc(N3C(=O)CCC3=O)cc2)C1. The number of carbonyl (C=O) groups excluding carboxylic acids is 2. The van der Waals surface area contributed by atoms with Gasteiger partial charge in [0.25, 0.3) is 0 Å². The van der Waals surface area contributed by atoms with E-state index in [2.05, 4.69) is 11.9 Å². The molecule has 2 amide bonds. The summed E-state index contributed by atoms with van der Waals surface area (Å²) in [6.45, 7) is 1.64. The summed E-state index contributed by atoms with van der Waals surface area (Å²) < 4.78 is 0. The van der Waals surface area contributed by atoms with Crippen molar-refractivity contribution in [1.29, 1.82) is 0 Å². The fourth-order valence-electron chi connectivity index (χ4n) is 3.85. The summed E-state index contributed by atoms with van der Waals surface area (Å²) in [5, 5.41) is 1.32. The summed E-state index contributed by atoms with van der Waals surface area (Å²) in [6, 6.07) is 11.4. The van der Waals surface area contributed by atoms with Crippen LogP contribution in [0, 0.1) is 0 Å². The molecule has 134 valence electrons. The Bertz CT molecular complexity index is 879. The Labute approximate surface area is 162 Å². The molecule has 0 aromatic heterocycles. The number of benzene rings is 2. The van der Waals surface area contributed by atoms with Gasteiger partial charge in [0.05, 0.1) is 5.69 Å². The lowest BCUT2D eigenvalue weighted by molar-refractivity contribution is -0.121. The van der Waals surface area contributed by atoms with Crippen LogP contribution < -0.4 is 4.90 Å². The monoisotopic (exact) mass is 388 g/mol. The number of fused-ring (bicyclic) bond motifs is 1. The first kappa shape index (κ1) is 17.5. The molecule has 0 unspecified atom stereocenters. The van der Waals surface area contributed by atoms with Gasteiger partial charge < -0.3 is 4.90 Å². The van der Waals surface area contributed by atoms with Crippen LogP contribution in [0.25, 0.3) is 0 Å². The molecule has 2 aliphatic heterocycles. The van der Waals surface area contributed by atoms with E-state index in [0.717, 1.165) is 29.8 Å². The standard InChI is InChI=1S/C20H18Cl2N2O2/c1-23-10-16(15-8-13(21)9-18(22)17(15)11-23)12-2-4-14(5-3-12)24-19(25)6-7-20(24)26/h2-5,8-9,16H,6-7,10-11H2,1H3/t16-/m1/s1. The Balaban J connectivity index is 1.71. The maximum Gasteiger partial charge on any atom is 0.234 e. The lowest BCUT2D eigenvalue weighted by atomic mass is 9.84. The normalized spacial score (nSPS) is 20.6. The molecule has 4 rings (SSSR count). The zero-order valence-corrected chi connectivity index (χ0v) is 15.8. The number of amides is 2. The number of anilines is 1. The number of carbonyl (C=O) groups is 2. The molecule has 2 heterocycles. The van der Waals surface area contributed by atoms with Gasteiger partial charge in [0, 0.05) is 41.9 Å². The highest BCUT2D eigenvalue weighted by atomic mass is 35.5. The lowest BCUT2D eigenvalue weighted by Gasteiger charge is -2.33. The van der Waals surface area contributed by atoms with Crippen LogP contribution in [0.4, 0.5) is 5.69 Å². The predicted molar refractivity (Wildman–Crippen MR) is 103 cm³/mol. The van der Waals surface area contributed by atoms with Crippen molar-refractivity contribution in [2.45, 2.75) is 25.3 Å². The molecule has 2 aromatic carbocycles. The Morgan fingerprint density at radius 2 is 1.65 bits per heavy atom. The average molecular weight is 389 g/mol. The van der Waals surface area contributed by atoms with Crippen LogP contribution in [0.2, 0.25) is 10.0 Å². The number of rotatable bonds is 2. The quantitative estimate of drug-likeness (QED) is 0.722. The molecule has 26 heavy (non-hydrogen) atoms. The van der Waals surface area contributed by atoms with E-state index >= 15 is 0 Å². The Morgan fingerprint density at radius 3 is 2.31 bits per heavy atom. The number of hydrogen-bond acceptors (Lipinski definition) is 3. The largest absolute Gasteiger partial charge is 0.301 e. The second kappa shape index (κ2) is 6.69. The van der Waals surface area contributed by atoms with E-state index in [9.17, 15) is 9.59 Å². The molecule has 0 bridgehead atoms. The molecule has 0 spiro atoms. The number of imide groups is 1. The van der Waals surface area contributed by atoms with Crippen molar-refractivity contribution >= 4 is 40.7 Å². The molecule has 4 nitrogen and oxygen atoms in total. The highest BCUT2D eigenvalue weighted by Crippen LogP contribution is 2.39. The van der Waals surface area contributed by atoms with Gasteiger partial charge in [0.15, 0.2) is 0 Å². The third-order valence-electron chi connectivity index (χ3n) is 5.10. The van der Waals surface area contributed by atoms with Crippen molar-refractivity contribution in [3.05, 3.63) is 63.1 Å². The van der Waals surface area contributed by atoms with E-state index < -0.39 is 0 Å². The van der Waals surface area contributed by atoms with Gasteiger partial charge in [0.1, 0.15) is 0 Å². The maximum absolute atomic E-state index is 11.9. The number of likely N-dealkylation sites (N-methyl/N-ethyl adjacent to an activating group) is 1. The summed E-state index contributed by atoms with van der Waals surface area (Å²) in [4.78, 5) is 27.4. The molecule has 1 atom stereocenters. The fraction of sp³-hybridized carbons (Fsp3) is 0.300. The van der Waals surface area contributed by atoms with Crippen molar-refractivity contribution in [2.24, 2.45) is 0 Å². The highest BCUT2D eigenvalue weighted by molar-refractivity contribution is 6.35. The van der Waals surface area contributed by atoms with Crippen LogP contribution in [0.5, 0.6) is 0 Å². The molecule has 1 fully saturated rings. The van der Waals surface area contributed by atoms with Gasteiger partial charge in [-0.2, -0.15) is 0 Å². The number of hydrogen-bond donors (Lipinski definition) is 0. The van der Waals surface area contributed by atoms with Crippen LogP contribution in [0.15, 0.2) is 36.4 Å². The first-order chi connectivity index (χ1) is 12.4. The summed E-state index contributed by atoms with van der Waals surface area (Å²) in [7, 11) is 2.07. The smallest absolute Gasteiger partial charge is 0.234 e. The van der Waals surface area contributed by atoms with Crippen LogP contribution in [-0.4, -0.2) is 30.3 Å². The molecule has 2 aliphatic rings. The minimum Gasteiger partial charge on any atom is -0.301 e. The Hall–Kier alpha value is -1.88. The molecule has 0 radical (unpaired) electrons. The molecule has 6 heteroatoms. The topological polar surface area (TPSA) is 40.6 Å². The number of nitrogens with zero attached hydrogens (tertiary/aromatic N) is 2. The van der Waals surface area contributed by atoms with E-state index in [0.29, 0.717) is 28.6 Å². The van der Waals surface area contributed by atoms with Crippen molar-refractivity contribution in [2.75, 3.05) is 18.5 Å². The summed E-state index contributed by atoms with van der Waals surface area (Å²) in [6.07, 6.45) is 0.580. The van der Waals surface area contributed by atoms with Crippen LogP contribution in [0.1, 0.15) is 35.4 Å². The molecule has 0 aliphatic carbocycles. The zero-order valence-electron chi connectivity index (χ0n) is 14.3. The second-order valence-corrected chi connectivity index (χ2v) is 7.76. The van der Waals surface area contributed by atoms with E-state index in [1.807, 2.05) is 30.3 Å². The van der Waals surface area contributed by atoms with Gasteiger partial charge in [-0.05, 0) is 48.0 Å². The molecule has 2 aromatic rings. The van der Waals surface area contributed by atoms with E-state index in [-0.39, 0.29) is 17.7 Å². The molecule has 0 saturated carbocycles. The Morgan fingerprint density at radius 1 is 1.00 bits per heavy atom. The van der Waals surface area contributed by atoms with Gasteiger partial charge in [-0.3, -0.25) is 14.5 Å². The van der Waals surface area contributed by atoms with Crippen LogP contribution in [0.3, 0.4) is 0 Å². The minimum atomic E-state index is -0.135. The molecule has 0 N–H and O–H groups in total. The van der Waals surface area contributed by atoms with Gasteiger partial charge in [-0.15, -0.1) is 0 Å². The molecular formula is C20H18Cl2N2O2. The van der Waals surface area contributed by atoms with E-state index in [4.69, 9.17) is 23.2 Å². The van der Waals surface area contributed by atoms with E-state index in [1.165, 1.54) is 4.90 Å². The first-order valence-corrected chi connectivity index (χ1v) is 9.31. The van der Waals surface area contributed by atoms with Crippen LogP contribution in [-0.2, 0) is 16.1 Å². The first-order valence-electron chi connectivity index (χ1n) is 8.56. The zero-order chi connectivity index (χ0) is 18.4. The second-order valence-electron chi connectivity index (χ2n) is 6.92. The van der Waals surface area contributed by atoms with Crippen LogP contribution >= 0.6 is 23.2 Å². The van der Waals surface area contributed by atoms with Gasteiger partial charge in [-0.1, -0.05) is 35.3 Å². The van der Waals surface area contributed by atoms with Crippen molar-refractivity contribution in [3.8, 4) is 0 Å². The van der Waals surface area contributed by atoms with Gasteiger partial charge >= 0.3 is 0 Å². The lowest BCUT2D eigenvalue weighted by Crippen LogP contribution is -2.31. The third-order valence-corrected chi connectivity index (χ3v) is 5.65. The summed E-state index contributed by atoms with van der Waals surface area (Å²) in [5.41, 5.74) is 3.99. The summed E-state index contributed by atoms with van der Waals surface area (Å²) >= 11 is 12.7. The highest BCUT2D eigenvalue weighted by Gasteiger charge is 2.31. The third kappa shape index (κ3) is 3.02. The number of halogens is 2. The van der Waals surface area contributed by atoms with Crippen molar-refractivity contribution in [1.82, 2.24) is 4.90 Å². The predicted octanol–water partition coefficient (Wildman–Crippen LogP) is 4.22. The van der Waals surface area contributed by atoms with Crippen molar-refractivity contribution < 1.29 is 9.59 Å². The Kier molecular flexibility index (Phi) is 4.51.